The molecule has 1 aliphatic heterocycles. The van der Waals surface area contributed by atoms with E-state index in [-0.39, 0.29) is 6.10 Å². The predicted octanol–water partition coefficient (Wildman–Crippen LogP) is 1.67. The molecule has 1 atom stereocenters. The highest BCUT2D eigenvalue weighted by Crippen LogP contribution is 2.32. The smallest absolute Gasteiger partial charge is 0.144 e. The molecule has 0 radical (unpaired) electrons. The fraction of sp³-hybridized carbons (Fsp3) is 0.333. The normalized spacial score (nSPS) is 19.2. The SMILES string of the molecule is Cc1cc2cccc3c2n1CC(CN)O3. The van der Waals surface area contributed by atoms with Crippen LogP contribution in [0, 0.1) is 6.92 Å². The Balaban J connectivity index is 2.28. The summed E-state index contributed by atoms with van der Waals surface area (Å²) < 4.78 is 8.12. The van der Waals surface area contributed by atoms with Crippen molar-refractivity contribution in [1.29, 1.82) is 0 Å². The summed E-state index contributed by atoms with van der Waals surface area (Å²) in [6.45, 7) is 3.55. The van der Waals surface area contributed by atoms with E-state index >= 15 is 0 Å². The van der Waals surface area contributed by atoms with Crippen LogP contribution in [0.5, 0.6) is 5.75 Å². The van der Waals surface area contributed by atoms with Crippen molar-refractivity contribution in [2.45, 2.75) is 19.6 Å². The number of rotatable bonds is 1. The topological polar surface area (TPSA) is 40.2 Å². The standard InChI is InChI=1S/C12H14N2O/c1-8-5-9-3-2-4-11-12(9)14(8)7-10(6-13)15-11/h2-5,10H,6-7,13H2,1H3. The van der Waals surface area contributed by atoms with Gasteiger partial charge in [-0.15, -0.1) is 0 Å². The molecule has 0 bridgehead atoms. The van der Waals surface area contributed by atoms with Crippen LogP contribution < -0.4 is 10.5 Å². The van der Waals surface area contributed by atoms with Crippen molar-refractivity contribution in [2.24, 2.45) is 5.73 Å². The number of nitrogens with two attached hydrogens (primary N) is 1. The number of benzene rings is 1. The third-order valence-electron chi connectivity index (χ3n) is 3.03. The molecular formula is C12H14N2O. The van der Waals surface area contributed by atoms with E-state index in [9.17, 15) is 0 Å². The number of hydrogen-bond donors (Lipinski definition) is 1. The van der Waals surface area contributed by atoms with Gasteiger partial charge in [-0.1, -0.05) is 12.1 Å². The summed E-state index contributed by atoms with van der Waals surface area (Å²) in [6, 6.07) is 8.36. The van der Waals surface area contributed by atoms with Gasteiger partial charge in [0.1, 0.15) is 11.9 Å². The average molecular weight is 202 g/mol. The molecule has 0 amide bonds. The second kappa shape index (κ2) is 3.00. The van der Waals surface area contributed by atoms with E-state index < -0.39 is 0 Å². The second-order valence-electron chi connectivity index (χ2n) is 4.07. The van der Waals surface area contributed by atoms with Crippen molar-refractivity contribution < 1.29 is 4.74 Å². The number of ether oxygens (including phenoxy) is 1. The second-order valence-corrected chi connectivity index (χ2v) is 4.07. The summed E-state index contributed by atoms with van der Waals surface area (Å²) in [4.78, 5) is 0. The Labute approximate surface area is 88.4 Å². The molecule has 15 heavy (non-hydrogen) atoms. The molecule has 2 aromatic rings. The first-order valence-electron chi connectivity index (χ1n) is 5.25. The predicted molar refractivity (Wildman–Crippen MR) is 60.1 cm³/mol. The quantitative estimate of drug-likeness (QED) is 0.764. The summed E-state index contributed by atoms with van der Waals surface area (Å²) in [5.74, 6) is 0.960. The molecule has 1 aromatic heterocycles. The Morgan fingerprint density at radius 3 is 3.20 bits per heavy atom. The minimum absolute atomic E-state index is 0.106. The molecular weight excluding hydrogens is 188 g/mol. The molecule has 3 rings (SSSR count). The highest BCUT2D eigenvalue weighted by molar-refractivity contribution is 5.87. The van der Waals surface area contributed by atoms with Gasteiger partial charge in [0.15, 0.2) is 0 Å². The van der Waals surface area contributed by atoms with Crippen LogP contribution in [0.2, 0.25) is 0 Å². The van der Waals surface area contributed by atoms with E-state index in [1.165, 1.54) is 16.6 Å². The van der Waals surface area contributed by atoms with E-state index in [0.29, 0.717) is 6.54 Å². The Morgan fingerprint density at radius 2 is 2.40 bits per heavy atom. The van der Waals surface area contributed by atoms with Crippen LogP contribution in [-0.2, 0) is 6.54 Å². The maximum absolute atomic E-state index is 5.82. The molecule has 3 nitrogen and oxygen atoms in total. The first-order chi connectivity index (χ1) is 7.29. The molecule has 2 N–H and O–H groups in total. The van der Waals surface area contributed by atoms with Crippen molar-refractivity contribution >= 4 is 10.9 Å². The third-order valence-corrected chi connectivity index (χ3v) is 3.03. The summed E-state index contributed by atoms with van der Waals surface area (Å²) in [5.41, 5.74) is 8.15. The van der Waals surface area contributed by atoms with Crippen LogP contribution in [0.1, 0.15) is 5.69 Å². The van der Waals surface area contributed by atoms with Gasteiger partial charge < -0.3 is 15.0 Å². The Bertz CT molecular complexity index is 516. The number of para-hydroxylation sites is 1. The van der Waals surface area contributed by atoms with E-state index in [1.54, 1.807) is 0 Å². The first kappa shape index (κ1) is 8.80. The van der Waals surface area contributed by atoms with Crippen molar-refractivity contribution in [3.8, 4) is 5.75 Å². The Kier molecular flexibility index (Phi) is 1.76. The van der Waals surface area contributed by atoms with Crippen LogP contribution >= 0.6 is 0 Å². The molecule has 1 unspecified atom stereocenters. The van der Waals surface area contributed by atoms with Crippen LogP contribution in [0.25, 0.3) is 10.9 Å². The largest absolute Gasteiger partial charge is 0.485 e. The zero-order valence-corrected chi connectivity index (χ0v) is 8.73. The molecule has 0 saturated carbocycles. The number of aryl methyl sites for hydroxylation is 1. The molecule has 0 aliphatic carbocycles. The summed E-state index contributed by atoms with van der Waals surface area (Å²) in [7, 11) is 0. The van der Waals surface area contributed by atoms with Crippen molar-refractivity contribution in [1.82, 2.24) is 4.57 Å². The molecule has 2 heterocycles. The maximum Gasteiger partial charge on any atom is 0.144 e. The van der Waals surface area contributed by atoms with E-state index in [1.807, 2.05) is 12.1 Å². The van der Waals surface area contributed by atoms with Gasteiger partial charge in [-0.25, -0.2) is 0 Å². The monoisotopic (exact) mass is 202 g/mol. The summed E-state index contributed by atoms with van der Waals surface area (Å²) in [5, 5.41) is 1.25. The number of aromatic nitrogens is 1. The molecule has 0 saturated heterocycles. The van der Waals surface area contributed by atoms with Crippen LogP contribution in [0.3, 0.4) is 0 Å². The summed E-state index contributed by atoms with van der Waals surface area (Å²) in [6.07, 6.45) is 0.106. The summed E-state index contributed by atoms with van der Waals surface area (Å²) >= 11 is 0. The molecule has 3 heteroatoms. The van der Waals surface area contributed by atoms with Gasteiger partial charge in [-0.3, -0.25) is 0 Å². The Hall–Kier alpha value is -1.48. The lowest BCUT2D eigenvalue weighted by atomic mass is 10.2. The van der Waals surface area contributed by atoms with E-state index in [0.717, 1.165) is 12.3 Å². The lowest BCUT2D eigenvalue weighted by Gasteiger charge is -2.25. The lowest BCUT2D eigenvalue weighted by Crippen LogP contribution is -2.34. The van der Waals surface area contributed by atoms with E-state index in [2.05, 4.69) is 23.6 Å². The number of nitrogens with zero attached hydrogens (tertiary/aromatic N) is 1. The molecule has 78 valence electrons. The first-order valence-corrected chi connectivity index (χ1v) is 5.25. The average Bonchev–Trinajstić information content (AvgIpc) is 2.58. The van der Waals surface area contributed by atoms with Crippen LogP contribution in [0.4, 0.5) is 0 Å². The molecule has 1 aromatic carbocycles. The van der Waals surface area contributed by atoms with Crippen molar-refractivity contribution in [3.05, 3.63) is 30.0 Å². The van der Waals surface area contributed by atoms with Crippen LogP contribution in [-0.4, -0.2) is 17.2 Å². The maximum atomic E-state index is 5.82. The zero-order chi connectivity index (χ0) is 10.4. The van der Waals surface area contributed by atoms with Gasteiger partial charge in [0.25, 0.3) is 0 Å². The Morgan fingerprint density at radius 1 is 1.53 bits per heavy atom. The number of hydrogen-bond acceptors (Lipinski definition) is 2. The minimum Gasteiger partial charge on any atom is -0.485 e. The fourth-order valence-electron chi connectivity index (χ4n) is 2.30. The van der Waals surface area contributed by atoms with Gasteiger partial charge in [0.2, 0.25) is 0 Å². The molecule has 0 spiro atoms. The molecule has 1 aliphatic rings. The van der Waals surface area contributed by atoms with E-state index in [4.69, 9.17) is 10.5 Å². The highest BCUT2D eigenvalue weighted by atomic mass is 16.5. The van der Waals surface area contributed by atoms with Crippen LogP contribution in [0.15, 0.2) is 24.3 Å². The minimum atomic E-state index is 0.106. The highest BCUT2D eigenvalue weighted by Gasteiger charge is 2.21. The lowest BCUT2D eigenvalue weighted by molar-refractivity contribution is 0.178. The fourth-order valence-corrected chi connectivity index (χ4v) is 2.30. The molecule has 0 fully saturated rings. The van der Waals surface area contributed by atoms with Gasteiger partial charge >= 0.3 is 0 Å². The van der Waals surface area contributed by atoms with Crippen molar-refractivity contribution in [2.75, 3.05) is 6.54 Å². The van der Waals surface area contributed by atoms with Gasteiger partial charge in [0, 0.05) is 17.6 Å². The third kappa shape index (κ3) is 1.16. The zero-order valence-electron chi connectivity index (χ0n) is 8.73. The van der Waals surface area contributed by atoms with Crippen molar-refractivity contribution in [3.63, 3.8) is 0 Å². The van der Waals surface area contributed by atoms with Gasteiger partial charge in [-0.2, -0.15) is 0 Å². The van der Waals surface area contributed by atoms with Gasteiger partial charge in [-0.05, 0) is 19.1 Å². The van der Waals surface area contributed by atoms with Gasteiger partial charge in [0.05, 0.1) is 12.1 Å².